The van der Waals surface area contributed by atoms with Crippen LogP contribution >= 0.6 is 0 Å². The topological polar surface area (TPSA) is 251 Å². The predicted molar refractivity (Wildman–Crippen MR) is 132 cm³/mol. The maximum absolute atomic E-state index is 13.4. The molecule has 0 aliphatic carbocycles. The van der Waals surface area contributed by atoms with E-state index in [1.165, 1.54) is 24.3 Å². The number of fused-ring (bicyclic) bond motifs is 1. The minimum Gasteiger partial charge on any atom is -0.508 e. The van der Waals surface area contributed by atoms with Gasteiger partial charge in [-0.1, -0.05) is 0 Å². The molecule has 2 aliphatic rings. The molecule has 14 nitrogen and oxygen atoms in total. The van der Waals surface area contributed by atoms with Gasteiger partial charge in [-0.15, -0.1) is 0 Å². The van der Waals surface area contributed by atoms with Crippen LogP contribution in [-0.4, -0.2) is 107 Å². The highest BCUT2D eigenvalue weighted by Crippen LogP contribution is 2.50. The van der Waals surface area contributed by atoms with Crippen LogP contribution in [0.3, 0.4) is 0 Å². The van der Waals surface area contributed by atoms with Crippen LogP contribution < -0.4 is 5.43 Å². The number of aliphatic hydroxyl groups excluding tert-OH is 7. The molecule has 3 aromatic rings. The summed E-state index contributed by atoms with van der Waals surface area (Å²) in [5, 5.41) is 104. The van der Waals surface area contributed by atoms with Crippen LogP contribution in [0.1, 0.15) is 23.3 Å². The van der Waals surface area contributed by atoms with Gasteiger partial charge >= 0.3 is 0 Å². The molecule has 1 aromatic heterocycles. The molecule has 40 heavy (non-hydrogen) atoms. The van der Waals surface area contributed by atoms with Crippen molar-refractivity contribution in [2.75, 3.05) is 13.2 Å². The van der Waals surface area contributed by atoms with Crippen LogP contribution in [0.25, 0.3) is 22.3 Å². The molecule has 10 N–H and O–H groups in total. The van der Waals surface area contributed by atoms with Crippen LogP contribution in [0.4, 0.5) is 0 Å². The Morgan fingerprint density at radius 3 is 2.08 bits per heavy atom. The van der Waals surface area contributed by atoms with Crippen molar-refractivity contribution in [3.8, 4) is 28.6 Å². The van der Waals surface area contributed by atoms with Crippen LogP contribution in [0.5, 0.6) is 17.2 Å². The van der Waals surface area contributed by atoms with Gasteiger partial charge in [0.15, 0.2) is 11.0 Å². The van der Waals surface area contributed by atoms with Gasteiger partial charge in [0.05, 0.1) is 24.3 Å². The number of aromatic hydroxyl groups is 3. The molecule has 0 amide bonds. The van der Waals surface area contributed by atoms with Gasteiger partial charge in [0.2, 0.25) is 0 Å². The smallest absolute Gasteiger partial charge is 0.197 e. The third kappa shape index (κ3) is 4.49. The lowest BCUT2D eigenvalue weighted by molar-refractivity contribution is -0.231. The number of ether oxygens (including phenoxy) is 2. The average Bonchev–Trinajstić information content (AvgIpc) is 2.92. The van der Waals surface area contributed by atoms with Gasteiger partial charge < -0.3 is 65.0 Å². The minimum atomic E-state index is -1.96. The van der Waals surface area contributed by atoms with Gasteiger partial charge in [-0.25, -0.2) is 0 Å². The van der Waals surface area contributed by atoms with Crippen molar-refractivity contribution in [3.05, 3.63) is 51.7 Å². The van der Waals surface area contributed by atoms with Crippen molar-refractivity contribution in [1.29, 1.82) is 0 Å². The number of rotatable bonds is 4. The first-order valence-electron chi connectivity index (χ1n) is 12.3. The SMILES string of the molecule is O=c1cc(-c2ccc(O)cc2)oc2c(C3OC(CO)[C@@H](O)[C@H](O)[C@H]3O)c(O)c(C3OC[C@@H](O)[C@H](O)[C@H]3O)c(O)c12. The summed E-state index contributed by atoms with van der Waals surface area (Å²) >= 11 is 0. The Labute approximate surface area is 224 Å². The first-order valence-corrected chi connectivity index (χ1v) is 12.3. The molecule has 0 bridgehead atoms. The van der Waals surface area contributed by atoms with E-state index in [1.54, 1.807) is 0 Å². The second kappa shape index (κ2) is 10.6. The Kier molecular flexibility index (Phi) is 7.47. The highest BCUT2D eigenvalue weighted by Gasteiger charge is 2.48. The molecule has 2 fully saturated rings. The molecule has 0 spiro atoms. The number of phenols is 3. The van der Waals surface area contributed by atoms with Gasteiger partial charge in [0.1, 0.15) is 83.3 Å². The lowest BCUT2D eigenvalue weighted by Gasteiger charge is -2.41. The molecule has 14 heteroatoms. The van der Waals surface area contributed by atoms with E-state index in [0.717, 1.165) is 6.07 Å². The van der Waals surface area contributed by atoms with Crippen molar-refractivity contribution in [3.63, 3.8) is 0 Å². The molecular formula is C26H28O14. The summed E-state index contributed by atoms with van der Waals surface area (Å²) in [6.07, 6.45) is -15.7. The van der Waals surface area contributed by atoms with Crippen LogP contribution in [0, 0.1) is 0 Å². The Morgan fingerprint density at radius 1 is 0.775 bits per heavy atom. The Balaban J connectivity index is 1.81. The molecule has 0 saturated carbocycles. The standard InChI is InChI=1S/C26H28O14/c27-6-13-18(32)21(35)23(37)26(40-13)16-20(34)15(25-22(36)17(31)11(30)7-38-25)19(33)14-10(29)5-12(39-24(14)16)8-1-3-9(28)4-2-8/h1-5,11,13,17-18,21-23,25-28,30-37H,6-7H2/t11-,13?,17+,18-,21+,22-,23-,25?,26?/m1/s1. The van der Waals surface area contributed by atoms with Gasteiger partial charge in [0, 0.05) is 11.6 Å². The molecule has 0 radical (unpaired) electrons. The zero-order chi connectivity index (χ0) is 29.0. The monoisotopic (exact) mass is 564 g/mol. The molecule has 2 saturated heterocycles. The normalized spacial score (nSPS) is 32.8. The maximum atomic E-state index is 13.4. The van der Waals surface area contributed by atoms with Crippen molar-refractivity contribution >= 4 is 11.0 Å². The zero-order valence-corrected chi connectivity index (χ0v) is 20.6. The number of benzene rings is 2. The maximum Gasteiger partial charge on any atom is 0.197 e. The second-order valence-electron chi connectivity index (χ2n) is 9.80. The summed E-state index contributed by atoms with van der Waals surface area (Å²) in [7, 11) is 0. The van der Waals surface area contributed by atoms with E-state index < -0.39 is 107 Å². The fraction of sp³-hybridized carbons (Fsp3) is 0.423. The van der Waals surface area contributed by atoms with Crippen LogP contribution in [0.2, 0.25) is 0 Å². The average molecular weight is 564 g/mol. The Bertz CT molecular complexity index is 1450. The summed E-state index contributed by atoms with van der Waals surface area (Å²) in [5.41, 5.74) is -2.19. The van der Waals surface area contributed by atoms with Crippen molar-refractivity contribution in [2.45, 2.75) is 54.9 Å². The number of hydrogen-bond donors (Lipinski definition) is 10. The third-order valence-corrected chi connectivity index (χ3v) is 7.31. The summed E-state index contributed by atoms with van der Waals surface area (Å²) in [6, 6.07) is 6.47. The lowest BCUT2D eigenvalue weighted by atomic mass is 9.85. The lowest BCUT2D eigenvalue weighted by Crippen LogP contribution is -2.55. The molecule has 2 aliphatic heterocycles. The Morgan fingerprint density at radius 2 is 1.43 bits per heavy atom. The Hall–Kier alpha value is -3.31. The van der Waals surface area contributed by atoms with Gasteiger partial charge in [0.25, 0.3) is 0 Å². The molecular weight excluding hydrogens is 536 g/mol. The fourth-order valence-corrected chi connectivity index (χ4v) is 5.11. The first-order chi connectivity index (χ1) is 19.0. The number of aliphatic hydroxyl groups is 7. The van der Waals surface area contributed by atoms with Gasteiger partial charge in [-0.05, 0) is 24.3 Å². The van der Waals surface area contributed by atoms with E-state index in [4.69, 9.17) is 13.9 Å². The van der Waals surface area contributed by atoms with Gasteiger partial charge in [-0.3, -0.25) is 4.79 Å². The van der Waals surface area contributed by atoms with Gasteiger partial charge in [-0.2, -0.15) is 0 Å². The van der Waals surface area contributed by atoms with Crippen LogP contribution in [-0.2, 0) is 9.47 Å². The van der Waals surface area contributed by atoms with E-state index in [9.17, 15) is 55.9 Å². The molecule has 3 unspecified atom stereocenters. The largest absolute Gasteiger partial charge is 0.508 e. The summed E-state index contributed by atoms with van der Waals surface area (Å²) in [4.78, 5) is 13.4. The minimum absolute atomic E-state index is 0.0767. The van der Waals surface area contributed by atoms with Crippen molar-refractivity contribution < 1.29 is 65.0 Å². The predicted octanol–water partition coefficient (Wildman–Crippen LogP) is -1.75. The van der Waals surface area contributed by atoms with E-state index in [2.05, 4.69) is 0 Å². The molecule has 3 heterocycles. The number of hydrogen-bond acceptors (Lipinski definition) is 14. The fourth-order valence-electron chi connectivity index (χ4n) is 5.11. The molecule has 9 atom stereocenters. The molecule has 5 rings (SSSR count). The summed E-state index contributed by atoms with van der Waals surface area (Å²) in [5.74, 6) is -2.00. The quantitative estimate of drug-likeness (QED) is 0.169. The molecule has 216 valence electrons. The second-order valence-corrected chi connectivity index (χ2v) is 9.80. The number of phenolic OH excluding ortho intramolecular Hbond substituents is 3. The molecule has 2 aromatic carbocycles. The highest BCUT2D eigenvalue weighted by molar-refractivity contribution is 5.92. The summed E-state index contributed by atoms with van der Waals surface area (Å²) in [6.45, 7) is -1.34. The van der Waals surface area contributed by atoms with Crippen LogP contribution in [0.15, 0.2) is 39.5 Å². The van der Waals surface area contributed by atoms with E-state index in [0.29, 0.717) is 5.56 Å². The third-order valence-electron chi connectivity index (χ3n) is 7.31. The first kappa shape index (κ1) is 28.2. The van der Waals surface area contributed by atoms with E-state index in [-0.39, 0.29) is 11.5 Å². The van der Waals surface area contributed by atoms with E-state index in [1.807, 2.05) is 0 Å². The van der Waals surface area contributed by atoms with Crippen molar-refractivity contribution in [1.82, 2.24) is 0 Å². The van der Waals surface area contributed by atoms with Crippen molar-refractivity contribution in [2.24, 2.45) is 0 Å². The van der Waals surface area contributed by atoms with E-state index >= 15 is 0 Å². The zero-order valence-electron chi connectivity index (χ0n) is 20.6. The highest BCUT2D eigenvalue weighted by atomic mass is 16.5. The summed E-state index contributed by atoms with van der Waals surface area (Å²) < 4.78 is 16.9.